The van der Waals surface area contributed by atoms with Crippen LogP contribution >= 0.6 is 0 Å². The molecule has 3 fully saturated rings. The average Bonchev–Trinajstić information content (AvgIpc) is 3.14. The van der Waals surface area contributed by atoms with Gasteiger partial charge < -0.3 is 14.2 Å². The normalized spacial score (nSPS) is 33.5. The average molecular weight is 232 g/mol. The highest BCUT2D eigenvalue weighted by molar-refractivity contribution is 5.40. The topological polar surface area (TPSA) is 37.6 Å². The Balaban J connectivity index is 1.65. The van der Waals surface area contributed by atoms with Crippen LogP contribution in [0.1, 0.15) is 22.8 Å². The number of ether oxygens (including phenoxy) is 3. The highest BCUT2D eigenvalue weighted by Crippen LogP contribution is 2.37. The Labute approximate surface area is 101 Å². The molecule has 3 nitrogen and oxygen atoms in total. The summed E-state index contributed by atoms with van der Waals surface area (Å²) >= 11 is 0. The van der Waals surface area contributed by atoms with Crippen molar-refractivity contribution in [1.29, 1.82) is 0 Å². The Bertz CT molecular complexity index is 399. The smallest absolute Gasteiger partial charge is 0.106 e. The van der Waals surface area contributed by atoms with Crippen LogP contribution in [0.25, 0.3) is 0 Å². The number of epoxide rings is 3. The van der Waals surface area contributed by atoms with Crippen LogP contribution in [0, 0.1) is 0 Å². The summed E-state index contributed by atoms with van der Waals surface area (Å²) in [6.45, 7) is 2.71. The minimum absolute atomic E-state index is 0.332. The van der Waals surface area contributed by atoms with Gasteiger partial charge in [-0.05, 0) is 16.7 Å². The van der Waals surface area contributed by atoms with Crippen molar-refractivity contribution in [3.8, 4) is 0 Å². The maximum Gasteiger partial charge on any atom is 0.106 e. The van der Waals surface area contributed by atoms with E-state index in [0.29, 0.717) is 18.3 Å². The van der Waals surface area contributed by atoms with E-state index in [0.717, 1.165) is 32.7 Å². The molecule has 4 rings (SSSR count). The van der Waals surface area contributed by atoms with E-state index >= 15 is 0 Å². The molecular formula is C14H16O3. The molecule has 3 heteroatoms. The second-order valence-electron chi connectivity index (χ2n) is 5.13. The quantitative estimate of drug-likeness (QED) is 0.724. The summed E-state index contributed by atoms with van der Waals surface area (Å²) in [6, 6.07) is 6.59. The third kappa shape index (κ3) is 2.23. The molecule has 3 atom stereocenters. The number of hydrogen-bond acceptors (Lipinski definition) is 3. The van der Waals surface area contributed by atoms with Crippen molar-refractivity contribution in [3.05, 3.63) is 34.9 Å². The fourth-order valence-corrected chi connectivity index (χ4v) is 2.51. The van der Waals surface area contributed by atoms with Crippen molar-refractivity contribution in [3.63, 3.8) is 0 Å². The van der Waals surface area contributed by atoms with Gasteiger partial charge in [-0.15, -0.1) is 0 Å². The van der Waals surface area contributed by atoms with Crippen LogP contribution in [-0.4, -0.2) is 32.0 Å². The third-order valence-corrected chi connectivity index (χ3v) is 3.64. The molecule has 0 spiro atoms. The summed E-state index contributed by atoms with van der Waals surface area (Å²) in [5, 5.41) is 0. The zero-order chi connectivity index (χ0) is 11.2. The minimum Gasteiger partial charge on any atom is -0.373 e. The molecule has 3 aliphatic heterocycles. The summed E-state index contributed by atoms with van der Waals surface area (Å²) in [5.74, 6) is 0. The van der Waals surface area contributed by atoms with Gasteiger partial charge in [-0.3, -0.25) is 0 Å². The van der Waals surface area contributed by atoms with Crippen LogP contribution in [0.15, 0.2) is 18.2 Å². The van der Waals surface area contributed by atoms with E-state index in [1.807, 2.05) is 0 Å². The molecule has 3 unspecified atom stereocenters. The lowest BCUT2D eigenvalue weighted by molar-refractivity contribution is 0.396. The van der Waals surface area contributed by atoms with Crippen molar-refractivity contribution in [1.82, 2.24) is 0 Å². The van der Waals surface area contributed by atoms with Gasteiger partial charge in [0.1, 0.15) is 6.10 Å². The summed E-state index contributed by atoms with van der Waals surface area (Å²) in [7, 11) is 0. The van der Waals surface area contributed by atoms with Crippen LogP contribution in [-0.2, 0) is 27.1 Å². The number of rotatable bonds is 5. The van der Waals surface area contributed by atoms with Crippen molar-refractivity contribution < 1.29 is 14.2 Å². The van der Waals surface area contributed by atoms with Gasteiger partial charge in [0.2, 0.25) is 0 Å². The monoisotopic (exact) mass is 232 g/mol. The highest BCUT2D eigenvalue weighted by Gasteiger charge is 2.34. The van der Waals surface area contributed by atoms with Crippen LogP contribution in [0.5, 0.6) is 0 Å². The van der Waals surface area contributed by atoms with Crippen LogP contribution < -0.4 is 0 Å². The largest absolute Gasteiger partial charge is 0.373 e. The van der Waals surface area contributed by atoms with Crippen LogP contribution in [0.3, 0.4) is 0 Å². The van der Waals surface area contributed by atoms with Gasteiger partial charge in [-0.2, -0.15) is 0 Å². The van der Waals surface area contributed by atoms with Gasteiger partial charge in [0.15, 0.2) is 0 Å². The van der Waals surface area contributed by atoms with Crippen molar-refractivity contribution in [2.75, 3.05) is 19.8 Å². The van der Waals surface area contributed by atoms with E-state index in [2.05, 4.69) is 18.2 Å². The van der Waals surface area contributed by atoms with E-state index in [1.165, 1.54) is 16.7 Å². The first-order chi connectivity index (χ1) is 8.40. The molecule has 0 saturated carbocycles. The molecule has 0 amide bonds. The maximum absolute atomic E-state index is 5.50. The lowest BCUT2D eigenvalue weighted by atomic mass is 9.93. The lowest BCUT2D eigenvalue weighted by Gasteiger charge is -2.11. The Kier molecular flexibility index (Phi) is 2.25. The summed E-state index contributed by atoms with van der Waals surface area (Å²) in [5.41, 5.74) is 4.24. The molecule has 0 radical (unpaired) electrons. The van der Waals surface area contributed by atoms with E-state index in [9.17, 15) is 0 Å². The Morgan fingerprint density at radius 2 is 1.41 bits per heavy atom. The lowest BCUT2D eigenvalue weighted by Crippen LogP contribution is -2.05. The fraction of sp³-hybridized carbons (Fsp3) is 0.571. The van der Waals surface area contributed by atoms with Crippen molar-refractivity contribution in [2.24, 2.45) is 0 Å². The molecule has 0 aromatic heterocycles. The molecule has 90 valence electrons. The van der Waals surface area contributed by atoms with E-state index in [1.54, 1.807) is 0 Å². The first-order valence-corrected chi connectivity index (χ1v) is 6.35. The number of hydrogen-bond donors (Lipinski definition) is 0. The second kappa shape index (κ2) is 3.80. The standard InChI is InChI=1S/C14H16O3/c1-2-9(4-11-6-15-11)14(13-8-17-13)10(3-1)5-12-7-16-12/h1-3,11-13H,4-8H2. The van der Waals surface area contributed by atoms with Gasteiger partial charge in [0, 0.05) is 12.8 Å². The Hall–Kier alpha value is -0.900. The Morgan fingerprint density at radius 1 is 0.882 bits per heavy atom. The van der Waals surface area contributed by atoms with Gasteiger partial charge in [-0.25, -0.2) is 0 Å². The van der Waals surface area contributed by atoms with Gasteiger partial charge in [-0.1, -0.05) is 18.2 Å². The molecular weight excluding hydrogens is 216 g/mol. The van der Waals surface area contributed by atoms with Gasteiger partial charge in [0.05, 0.1) is 32.0 Å². The molecule has 0 bridgehead atoms. The van der Waals surface area contributed by atoms with E-state index in [-0.39, 0.29) is 0 Å². The predicted molar refractivity (Wildman–Crippen MR) is 62.0 cm³/mol. The molecule has 1 aromatic carbocycles. The molecule has 3 saturated heterocycles. The molecule has 3 aliphatic rings. The Morgan fingerprint density at radius 3 is 1.82 bits per heavy atom. The SMILES string of the molecule is c1cc(CC2CO2)c(C2CO2)c(CC2CO2)c1. The summed E-state index contributed by atoms with van der Waals surface area (Å²) in [6.07, 6.45) is 3.29. The summed E-state index contributed by atoms with van der Waals surface area (Å²) < 4.78 is 16.2. The van der Waals surface area contributed by atoms with E-state index < -0.39 is 0 Å². The van der Waals surface area contributed by atoms with Crippen molar-refractivity contribution >= 4 is 0 Å². The van der Waals surface area contributed by atoms with Crippen LogP contribution in [0.2, 0.25) is 0 Å². The maximum atomic E-state index is 5.50. The number of benzene rings is 1. The highest BCUT2D eigenvalue weighted by atomic mass is 16.6. The zero-order valence-corrected chi connectivity index (χ0v) is 9.72. The van der Waals surface area contributed by atoms with Crippen molar-refractivity contribution in [2.45, 2.75) is 31.2 Å². The third-order valence-electron chi connectivity index (χ3n) is 3.64. The fourth-order valence-electron chi connectivity index (χ4n) is 2.51. The molecule has 0 N–H and O–H groups in total. The molecule has 1 aromatic rings. The second-order valence-corrected chi connectivity index (χ2v) is 5.13. The first kappa shape index (κ1) is 10.1. The molecule has 3 heterocycles. The molecule has 0 aliphatic carbocycles. The molecule has 17 heavy (non-hydrogen) atoms. The first-order valence-electron chi connectivity index (χ1n) is 6.35. The van der Waals surface area contributed by atoms with Gasteiger partial charge in [0.25, 0.3) is 0 Å². The zero-order valence-electron chi connectivity index (χ0n) is 9.72. The minimum atomic E-state index is 0.332. The van der Waals surface area contributed by atoms with Gasteiger partial charge >= 0.3 is 0 Å². The van der Waals surface area contributed by atoms with Crippen LogP contribution in [0.4, 0.5) is 0 Å². The predicted octanol–water partition coefficient (Wildman–Crippen LogP) is 1.64. The summed E-state index contributed by atoms with van der Waals surface area (Å²) in [4.78, 5) is 0. The van der Waals surface area contributed by atoms with E-state index in [4.69, 9.17) is 14.2 Å².